The minimum atomic E-state index is -0.0275. The van der Waals surface area contributed by atoms with E-state index in [0.717, 1.165) is 23.9 Å². The fourth-order valence-electron chi connectivity index (χ4n) is 2.08. The van der Waals surface area contributed by atoms with Gasteiger partial charge in [0.15, 0.2) is 0 Å². The Morgan fingerprint density at radius 2 is 1.94 bits per heavy atom. The van der Waals surface area contributed by atoms with Crippen LogP contribution in [0.25, 0.3) is 0 Å². The van der Waals surface area contributed by atoms with Crippen LogP contribution in [-0.4, -0.2) is 29.7 Å². The topological polar surface area (TPSA) is 20.3 Å². The zero-order valence-electron chi connectivity index (χ0n) is 11.4. The molecule has 18 heavy (non-hydrogen) atoms. The van der Waals surface area contributed by atoms with E-state index in [1.165, 1.54) is 0 Å². The number of alkyl halides is 1. The molecule has 0 saturated carbocycles. The largest absolute Gasteiger partial charge is 0.344 e. The number of likely N-dealkylation sites (N-methyl/N-ethyl adjacent to an activating group) is 1. The number of benzene rings is 1. The van der Waals surface area contributed by atoms with E-state index in [-0.39, 0.29) is 11.8 Å². The van der Waals surface area contributed by atoms with Crippen molar-refractivity contribution in [3.63, 3.8) is 0 Å². The van der Waals surface area contributed by atoms with Crippen molar-refractivity contribution in [2.45, 2.75) is 26.2 Å². The van der Waals surface area contributed by atoms with Gasteiger partial charge >= 0.3 is 0 Å². The standard InChI is InChI=1S/C15H22BrNO/c1-4-12(2)14(13-8-6-5-7-9-13)15(18)17(3)11-10-16/h5-9,12,14H,4,10-11H2,1-3H3. The number of amides is 1. The van der Waals surface area contributed by atoms with E-state index >= 15 is 0 Å². The summed E-state index contributed by atoms with van der Waals surface area (Å²) in [6, 6.07) is 10.1. The van der Waals surface area contributed by atoms with Crippen LogP contribution < -0.4 is 0 Å². The van der Waals surface area contributed by atoms with Crippen LogP contribution >= 0.6 is 15.9 Å². The monoisotopic (exact) mass is 311 g/mol. The van der Waals surface area contributed by atoms with Crippen molar-refractivity contribution in [2.75, 3.05) is 18.9 Å². The van der Waals surface area contributed by atoms with Crippen LogP contribution in [0.5, 0.6) is 0 Å². The Kier molecular flexibility index (Phi) is 6.41. The van der Waals surface area contributed by atoms with Gasteiger partial charge in [-0.05, 0) is 11.5 Å². The number of rotatable bonds is 6. The van der Waals surface area contributed by atoms with E-state index in [9.17, 15) is 4.79 Å². The molecule has 0 aliphatic carbocycles. The lowest BCUT2D eigenvalue weighted by molar-refractivity contribution is -0.132. The lowest BCUT2D eigenvalue weighted by Crippen LogP contribution is -2.35. The molecular formula is C15H22BrNO. The molecule has 0 aromatic heterocycles. The van der Waals surface area contributed by atoms with Crippen LogP contribution in [-0.2, 0) is 4.79 Å². The van der Waals surface area contributed by atoms with E-state index in [4.69, 9.17) is 0 Å². The van der Waals surface area contributed by atoms with Gasteiger partial charge in [0.05, 0.1) is 5.92 Å². The number of hydrogen-bond acceptors (Lipinski definition) is 1. The van der Waals surface area contributed by atoms with Crippen molar-refractivity contribution in [3.8, 4) is 0 Å². The maximum Gasteiger partial charge on any atom is 0.230 e. The normalized spacial score (nSPS) is 14.0. The van der Waals surface area contributed by atoms with Crippen LogP contribution in [0.4, 0.5) is 0 Å². The Labute approximate surface area is 119 Å². The Hall–Kier alpha value is -0.830. The molecule has 1 rings (SSSR count). The summed E-state index contributed by atoms with van der Waals surface area (Å²) in [4.78, 5) is 14.4. The third kappa shape index (κ3) is 3.84. The molecule has 0 spiro atoms. The van der Waals surface area contributed by atoms with Gasteiger partial charge in [0.25, 0.3) is 0 Å². The summed E-state index contributed by atoms with van der Waals surface area (Å²) in [6.45, 7) is 5.04. The molecule has 0 heterocycles. The molecule has 0 fully saturated rings. The number of hydrogen-bond donors (Lipinski definition) is 0. The highest BCUT2D eigenvalue weighted by atomic mass is 79.9. The van der Waals surface area contributed by atoms with Gasteiger partial charge in [0.2, 0.25) is 5.91 Å². The molecule has 1 aromatic rings. The van der Waals surface area contributed by atoms with E-state index in [1.807, 2.05) is 30.1 Å². The fraction of sp³-hybridized carbons (Fsp3) is 0.533. The van der Waals surface area contributed by atoms with Crippen LogP contribution in [0.2, 0.25) is 0 Å². The highest BCUT2D eigenvalue weighted by Gasteiger charge is 2.27. The summed E-state index contributed by atoms with van der Waals surface area (Å²) in [6.07, 6.45) is 1.01. The summed E-state index contributed by atoms with van der Waals surface area (Å²) in [5.74, 6) is 0.549. The first-order chi connectivity index (χ1) is 8.61. The Morgan fingerprint density at radius 3 is 2.44 bits per heavy atom. The van der Waals surface area contributed by atoms with Gasteiger partial charge < -0.3 is 4.90 Å². The molecule has 0 aliphatic heterocycles. The summed E-state index contributed by atoms with van der Waals surface area (Å²) in [7, 11) is 1.88. The molecule has 2 nitrogen and oxygen atoms in total. The first kappa shape index (κ1) is 15.2. The molecule has 0 aliphatic rings. The Bertz CT molecular complexity index is 366. The van der Waals surface area contributed by atoms with Gasteiger partial charge in [-0.2, -0.15) is 0 Å². The number of carbonyl (C=O) groups excluding carboxylic acids is 1. The van der Waals surface area contributed by atoms with Crippen molar-refractivity contribution in [2.24, 2.45) is 5.92 Å². The highest BCUT2D eigenvalue weighted by Crippen LogP contribution is 2.28. The van der Waals surface area contributed by atoms with Crippen LogP contribution in [0.15, 0.2) is 30.3 Å². The maximum absolute atomic E-state index is 12.5. The van der Waals surface area contributed by atoms with Gasteiger partial charge in [0.1, 0.15) is 0 Å². The SMILES string of the molecule is CCC(C)C(C(=O)N(C)CCBr)c1ccccc1. The zero-order chi connectivity index (χ0) is 13.5. The summed E-state index contributed by atoms with van der Waals surface area (Å²) < 4.78 is 0. The number of carbonyl (C=O) groups is 1. The van der Waals surface area contributed by atoms with Crippen LogP contribution in [0.3, 0.4) is 0 Å². The number of halogens is 1. The smallest absolute Gasteiger partial charge is 0.230 e. The molecule has 2 atom stereocenters. The average molecular weight is 312 g/mol. The summed E-state index contributed by atoms with van der Waals surface area (Å²) in [5.41, 5.74) is 1.12. The highest BCUT2D eigenvalue weighted by molar-refractivity contribution is 9.09. The van der Waals surface area contributed by atoms with Gasteiger partial charge in [0, 0.05) is 18.9 Å². The van der Waals surface area contributed by atoms with E-state index < -0.39 is 0 Å². The van der Waals surface area contributed by atoms with Gasteiger partial charge in [-0.3, -0.25) is 4.79 Å². The van der Waals surface area contributed by atoms with Crippen molar-refractivity contribution >= 4 is 21.8 Å². The molecular weight excluding hydrogens is 290 g/mol. The molecule has 0 bridgehead atoms. The van der Waals surface area contributed by atoms with Gasteiger partial charge in [-0.25, -0.2) is 0 Å². The third-order valence-electron chi connectivity index (χ3n) is 3.43. The van der Waals surface area contributed by atoms with E-state index in [1.54, 1.807) is 0 Å². The lowest BCUT2D eigenvalue weighted by atomic mass is 9.84. The minimum absolute atomic E-state index is 0.0275. The van der Waals surface area contributed by atoms with Crippen molar-refractivity contribution in [3.05, 3.63) is 35.9 Å². The molecule has 3 heteroatoms. The number of nitrogens with zero attached hydrogens (tertiary/aromatic N) is 1. The molecule has 0 saturated heterocycles. The Balaban J connectivity index is 2.96. The fourth-order valence-corrected chi connectivity index (χ4v) is 2.62. The molecule has 0 N–H and O–H groups in total. The third-order valence-corrected chi connectivity index (χ3v) is 3.79. The molecule has 1 amide bonds. The first-order valence-corrected chi connectivity index (χ1v) is 7.59. The van der Waals surface area contributed by atoms with Gasteiger partial charge in [-0.15, -0.1) is 0 Å². The average Bonchev–Trinajstić information content (AvgIpc) is 2.40. The predicted octanol–water partition coefficient (Wildman–Crippen LogP) is 3.67. The van der Waals surface area contributed by atoms with Crippen LogP contribution in [0.1, 0.15) is 31.7 Å². The van der Waals surface area contributed by atoms with Crippen molar-refractivity contribution in [1.82, 2.24) is 4.90 Å². The first-order valence-electron chi connectivity index (χ1n) is 6.47. The quantitative estimate of drug-likeness (QED) is 0.734. The molecule has 1 aromatic carbocycles. The van der Waals surface area contributed by atoms with Gasteiger partial charge in [-0.1, -0.05) is 66.5 Å². The second-order valence-electron chi connectivity index (χ2n) is 4.72. The lowest BCUT2D eigenvalue weighted by Gasteiger charge is -2.27. The second-order valence-corrected chi connectivity index (χ2v) is 5.52. The van der Waals surface area contributed by atoms with Crippen molar-refractivity contribution < 1.29 is 4.79 Å². The molecule has 100 valence electrons. The minimum Gasteiger partial charge on any atom is -0.344 e. The predicted molar refractivity (Wildman–Crippen MR) is 80.1 cm³/mol. The van der Waals surface area contributed by atoms with Crippen LogP contribution in [0, 0.1) is 5.92 Å². The summed E-state index contributed by atoms with van der Waals surface area (Å²) in [5, 5.41) is 0.817. The van der Waals surface area contributed by atoms with Crippen molar-refractivity contribution in [1.29, 1.82) is 0 Å². The molecule has 2 unspecified atom stereocenters. The maximum atomic E-state index is 12.5. The Morgan fingerprint density at radius 1 is 1.33 bits per heavy atom. The van der Waals surface area contributed by atoms with E-state index in [2.05, 4.69) is 41.9 Å². The van der Waals surface area contributed by atoms with E-state index in [0.29, 0.717) is 5.92 Å². The molecule has 0 radical (unpaired) electrons. The summed E-state index contributed by atoms with van der Waals surface area (Å²) >= 11 is 3.38. The second kappa shape index (κ2) is 7.57. The zero-order valence-corrected chi connectivity index (χ0v) is 13.0.